The van der Waals surface area contributed by atoms with Gasteiger partial charge in [-0.2, -0.15) is 0 Å². The zero-order chi connectivity index (χ0) is 14.2. The van der Waals surface area contributed by atoms with Crippen molar-refractivity contribution in [2.24, 2.45) is 17.3 Å². The standard InChI is InChI=1S/C14H20N2O3/c1-8(2)6-10-12(14(10,4)5)13(17)18-7-11-9(3)15-19-16-11/h6,10,12H,7H2,1-5H3/t10-,12+/m1/s1. The molecule has 2 rings (SSSR count). The molecule has 1 heterocycles. The Labute approximate surface area is 113 Å². The van der Waals surface area contributed by atoms with Crippen molar-refractivity contribution in [1.82, 2.24) is 10.3 Å². The number of hydrogen-bond donors (Lipinski definition) is 0. The molecule has 0 N–H and O–H groups in total. The Hall–Kier alpha value is -1.65. The number of carbonyl (C=O) groups is 1. The number of rotatable bonds is 4. The second-order valence-electron chi connectivity index (χ2n) is 5.97. The van der Waals surface area contributed by atoms with Gasteiger partial charge in [0.15, 0.2) is 0 Å². The molecule has 0 amide bonds. The first-order chi connectivity index (χ1) is 8.84. The fourth-order valence-electron chi connectivity index (χ4n) is 2.41. The van der Waals surface area contributed by atoms with Crippen LogP contribution in [0.2, 0.25) is 0 Å². The van der Waals surface area contributed by atoms with Crippen LogP contribution in [0.5, 0.6) is 0 Å². The maximum Gasteiger partial charge on any atom is 0.310 e. The lowest BCUT2D eigenvalue weighted by molar-refractivity contribution is -0.147. The molecule has 1 fully saturated rings. The molecule has 1 saturated carbocycles. The summed E-state index contributed by atoms with van der Waals surface area (Å²) in [6.45, 7) is 10.2. The summed E-state index contributed by atoms with van der Waals surface area (Å²) < 4.78 is 9.88. The highest BCUT2D eigenvalue weighted by molar-refractivity contribution is 5.78. The zero-order valence-corrected chi connectivity index (χ0v) is 12.1. The van der Waals surface area contributed by atoms with Crippen LogP contribution in [0.25, 0.3) is 0 Å². The summed E-state index contributed by atoms with van der Waals surface area (Å²) in [4.78, 5) is 12.1. The average molecular weight is 264 g/mol. The molecule has 1 aromatic heterocycles. The fraction of sp³-hybridized carbons (Fsp3) is 0.643. The van der Waals surface area contributed by atoms with Crippen LogP contribution in [0, 0.1) is 24.2 Å². The Balaban J connectivity index is 1.95. The van der Waals surface area contributed by atoms with E-state index in [4.69, 9.17) is 4.74 Å². The minimum absolute atomic E-state index is 0.0223. The minimum Gasteiger partial charge on any atom is -0.459 e. The first kappa shape index (κ1) is 13.8. The highest BCUT2D eigenvalue weighted by Crippen LogP contribution is 2.59. The number of aryl methyl sites for hydroxylation is 1. The van der Waals surface area contributed by atoms with Crippen LogP contribution in [0.4, 0.5) is 0 Å². The van der Waals surface area contributed by atoms with Crippen molar-refractivity contribution in [3.8, 4) is 0 Å². The van der Waals surface area contributed by atoms with Gasteiger partial charge in [-0.1, -0.05) is 35.8 Å². The molecular formula is C14H20N2O3. The van der Waals surface area contributed by atoms with E-state index in [-0.39, 0.29) is 29.8 Å². The maximum absolute atomic E-state index is 12.1. The van der Waals surface area contributed by atoms with Crippen molar-refractivity contribution < 1.29 is 14.2 Å². The minimum atomic E-state index is -0.171. The lowest BCUT2D eigenvalue weighted by Gasteiger charge is -2.03. The normalized spacial score (nSPS) is 23.8. The van der Waals surface area contributed by atoms with Crippen molar-refractivity contribution in [2.75, 3.05) is 0 Å². The molecule has 19 heavy (non-hydrogen) atoms. The molecule has 1 aliphatic carbocycles. The highest BCUT2D eigenvalue weighted by Gasteiger charge is 2.61. The second kappa shape index (κ2) is 4.79. The molecule has 0 aliphatic heterocycles. The number of allylic oxidation sites excluding steroid dienone is 2. The fourth-order valence-corrected chi connectivity index (χ4v) is 2.41. The molecule has 0 radical (unpaired) electrons. The van der Waals surface area contributed by atoms with Crippen molar-refractivity contribution in [3.63, 3.8) is 0 Å². The SMILES string of the molecule is CC(C)=C[C@@H]1[C@@H](C(=O)OCc2nonc2C)C1(C)C. The molecule has 1 aromatic rings. The van der Waals surface area contributed by atoms with E-state index in [0.717, 1.165) is 0 Å². The summed E-state index contributed by atoms with van der Waals surface area (Å²) in [5.41, 5.74) is 2.44. The molecule has 0 unspecified atom stereocenters. The predicted octanol–water partition coefficient (Wildman–Crippen LogP) is 2.66. The van der Waals surface area contributed by atoms with E-state index >= 15 is 0 Å². The third-order valence-corrected chi connectivity index (χ3v) is 3.78. The Morgan fingerprint density at radius 1 is 1.42 bits per heavy atom. The van der Waals surface area contributed by atoms with Gasteiger partial charge in [0, 0.05) is 0 Å². The van der Waals surface area contributed by atoms with Gasteiger partial charge < -0.3 is 4.74 Å². The molecule has 0 saturated heterocycles. The number of carbonyl (C=O) groups excluding carboxylic acids is 1. The van der Waals surface area contributed by atoms with Crippen LogP contribution < -0.4 is 0 Å². The molecule has 0 spiro atoms. The zero-order valence-electron chi connectivity index (χ0n) is 12.1. The average Bonchev–Trinajstić information content (AvgIpc) is 2.66. The molecule has 0 bridgehead atoms. The Kier molecular flexibility index (Phi) is 3.47. The summed E-state index contributed by atoms with van der Waals surface area (Å²) >= 11 is 0. The van der Waals surface area contributed by atoms with E-state index in [0.29, 0.717) is 11.4 Å². The first-order valence-electron chi connectivity index (χ1n) is 6.43. The molecule has 5 nitrogen and oxygen atoms in total. The van der Waals surface area contributed by atoms with Crippen molar-refractivity contribution >= 4 is 5.97 Å². The highest BCUT2D eigenvalue weighted by atomic mass is 16.6. The summed E-state index contributed by atoms with van der Waals surface area (Å²) in [5.74, 6) is 0.0268. The topological polar surface area (TPSA) is 65.2 Å². The van der Waals surface area contributed by atoms with E-state index in [1.807, 2.05) is 13.8 Å². The number of ether oxygens (including phenoxy) is 1. The van der Waals surface area contributed by atoms with Gasteiger partial charge in [-0.25, -0.2) is 4.63 Å². The van der Waals surface area contributed by atoms with Crippen molar-refractivity contribution in [2.45, 2.75) is 41.2 Å². The second-order valence-corrected chi connectivity index (χ2v) is 5.97. The van der Waals surface area contributed by atoms with Crippen LogP contribution in [-0.2, 0) is 16.1 Å². The Morgan fingerprint density at radius 3 is 2.63 bits per heavy atom. The van der Waals surface area contributed by atoms with Crippen LogP contribution in [0.15, 0.2) is 16.3 Å². The molecule has 0 aromatic carbocycles. The van der Waals surface area contributed by atoms with Gasteiger partial charge in [-0.3, -0.25) is 4.79 Å². The molecule has 5 heteroatoms. The van der Waals surface area contributed by atoms with Gasteiger partial charge in [0.05, 0.1) is 5.92 Å². The quantitative estimate of drug-likeness (QED) is 0.618. The van der Waals surface area contributed by atoms with Gasteiger partial charge in [0.2, 0.25) is 0 Å². The van der Waals surface area contributed by atoms with Crippen LogP contribution >= 0.6 is 0 Å². The van der Waals surface area contributed by atoms with Crippen LogP contribution in [0.1, 0.15) is 39.1 Å². The summed E-state index contributed by atoms with van der Waals surface area (Å²) in [6.07, 6.45) is 2.15. The smallest absolute Gasteiger partial charge is 0.310 e. The molecule has 104 valence electrons. The van der Waals surface area contributed by atoms with Gasteiger partial charge in [0.1, 0.15) is 18.0 Å². The van der Waals surface area contributed by atoms with Gasteiger partial charge in [-0.15, -0.1) is 0 Å². The number of hydrogen-bond acceptors (Lipinski definition) is 5. The molecule has 2 atom stereocenters. The lowest BCUT2D eigenvalue weighted by Crippen LogP contribution is -2.11. The number of esters is 1. The molecule has 1 aliphatic rings. The van der Waals surface area contributed by atoms with E-state index in [9.17, 15) is 4.79 Å². The predicted molar refractivity (Wildman–Crippen MR) is 69.0 cm³/mol. The summed E-state index contributed by atoms with van der Waals surface area (Å²) in [6, 6.07) is 0. The maximum atomic E-state index is 12.1. The monoisotopic (exact) mass is 264 g/mol. The molecular weight excluding hydrogens is 244 g/mol. The first-order valence-corrected chi connectivity index (χ1v) is 6.43. The third-order valence-electron chi connectivity index (χ3n) is 3.78. The Bertz CT molecular complexity index is 513. The lowest BCUT2D eigenvalue weighted by atomic mass is 10.1. The van der Waals surface area contributed by atoms with E-state index in [2.05, 4.69) is 34.9 Å². The van der Waals surface area contributed by atoms with Gasteiger partial charge >= 0.3 is 5.97 Å². The van der Waals surface area contributed by atoms with Crippen LogP contribution in [-0.4, -0.2) is 16.3 Å². The van der Waals surface area contributed by atoms with Crippen molar-refractivity contribution in [3.05, 3.63) is 23.0 Å². The largest absolute Gasteiger partial charge is 0.459 e. The number of nitrogens with zero attached hydrogens (tertiary/aromatic N) is 2. The van der Waals surface area contributed by atoms with Gasteiger partial charge in [0.25, 0.3) is 0 Å². The van der Waals surface area contributed by atoms with E-state index < -0.39 is 0 Å². The van der Waals surface area contributed by atoms with E-state index in [1.165, 1.54) is 5.57 Å². The summed E-state index contributed by atoms with van der Waals surface area (Å²) in [5, 5.41) is 7.35. The summed E-state index contributed by atoms with van der Waals surface area (Å²) in [7, 11) is 0. The van der Waals surface area contributed by atoms with Crippen LogP contribution in [0.3, 0.4) is 0 Å². The van der Waals surface area contributed by atoms with Gasteiger partial charge in [-0.05, 0) is 32.1 Å². The third kappa shape index (κ3) is 2.69. The Morgan fingerprint density at radius 2 is 2.11 bits per heavy atom. The van der Waals surface area contributed by atoms with E-state index in [1.54, 1.807) is 6.92 Å². The number of aromatic nitrogens is 2. The van der Waals surface area contributed by atoms with Crippen molar-refractivity contribution in [1.29, 1.82) is 0 Å².